The number of carbonyl (C=O) groups excluding carboxylic acids is 1. The van der Waals surface area contributed by atoms with Crippen LogP contribution in [0.25, 0.3) is 0 Å². The Labute approximate surface area is 92.5 Å². The van der Waals surface area contributed by atoms with Gasteiger partial charge in [-0.2, -0.15) is 0 Å². The summed E-state index contributed by atoms with van der Waals surface area (Å²) in [5.74, 6) is -0.162. The molecule has 0 aromatic heterocycles. The number of nitrogens with zero attached hydrogens (tertiary/aromatic N) is 1. The summed E-state index contributed by atoms with van der Waals surface area (Å²) in [6, 6.07) is 0.590. The van der Waals surface area contributed by atoms with E-state index < -0.39 is 0 Å². The van der Waals surface area contributed by atoms with Crippen LogP contribution in [0, 0.1) is 0 Å². The predicted octanol–water partition coefficient (Wildman–Crippen LogP) is 1.29. The van der Waals surface area contributed by atoms with Crippen molar-refractivity contribution in [3.8, 4) is 0 Å². The van der Waals surface area contributed by atoms with Gasteiger partial charge in [0.15, 0.2) is 0 Å². The molecule has 0 saturated heterocycles. The first-order valence-electron chi connectivity index (χ1n) is 5.34. The molecule has 0 fully saturated rings. The van der Waals surface area contributed by atoms with Gasteiger partial charge in [-0.3, -0.25) is 9.69 Å². The fraction of sp³-hybridized carbons (Fsp3) is 0.909. The molecule has 0 aliphatic rings. The van der Waals surface area contributed by atoms with E-state index in [0.29, 0.717) is 19.1 Å². The molecule has 15 heavy (non-hydrogen) atoms. The minimum atomic E-state index is -0.162. The Kier molecular flexibility index (Phi) is 7.34. The van der Waals surface area contributed by atoms with Gasteiger partial charge in [-0.15, -0.1) is 0 Å². The molecule has 0 aliphatic heterocycles. The molecular weight excluding hydrogens is 194 g/mol. The van der Waals surface area contributed by atoms with Crippen LogP contribution in [-0.4, -0.2) is 50.3 Å². The number of ether oxygens (including phenoxy) is 2. The van der Waals surface area contributed by atoms with Crippen LogP contribution in [-0.2, 0) is 14.3 Å². The van der Waals surface area contributed by atoms with Gasteiger partial charge in [0.2, 0.25) is 0 Å². The zero-order chi connectivity index (χ0) is 11.8. The maximum absolute atomic E-state index is 11.1. The third-order valence-corrected chi connectivity index (χ3v) is 2.47. The molecule has 0 radical (unpaired) electrons. The summed E-state index contributed by atoms with van der Waals surface area (Å²) in [7, 11) is 3.10. The van der Waals surface area contributed by atoms with Crippen LogP contribution in [0.15, 0.2) is 0 Å². The molecule has 1 unspecified atom stereocenters. The van der Waals surface area contributed by atoms with Crippen LogP contribution in [0.3, 0.4) is 0 Å². The quantitative estimate of drug-likeness (QED) is 0.602. The van der Waals surface area contributed by atoms with Crippen molar-refractivity contribution in [1.29, 1.82) is 0 Å². The minimum Gasteiger partial charge on any atom is -0.469 e. The Morgan fingerprint density at radius 3 is 2.27 bits per heavy atom. The number of hydrogen-bond acceptors (Lipinski definition) is 4. The summed E-state index contributed by atoms with van der Waals surface area (Å²) in [6.07, 6.45) is 0.429. The van der Waals surface area contributed by atoms with Crippen molar-refractivity contribution in [3.05, 3.63) is 0 Å². The van der Waals surface area contributed by atoms with Crippen molar-refractivity contribution in [2.75, 3.05) is 27.4 Å². The van der Waals surface area contributed by atoms with E-state index in [9.17, 15) is 4.79 Å². The second-order valence-electron chi connectivity index (χ2n) is 3.95. The highest BCUT2D eigenvalue weighted by atomic mass is 16.5. The highest BCUT2D eigenvalue weighted by molar-refractivity contribution is 5.69. The monoisotopic (exact) mass is 217 g/mol. The molecule has 0 amide bonds. The van der Waals surface area contributed by atoms with Crippen LogP contribution < -0.4 is 0 Å². The van der Waals surface area contributed by atoms with E-state index >= 15 is 0 Å². The summed E-state index contributed by atoms with van der Waals surface area (Å²) in [4.78, 5) is 13.4. The van der Waals surface area contributed by atoms with Crippen LogP contribution >= 0.6 is 0 Å². The van der Waals surface area contributed by atoms with Gasteiger partial charge in [-0.05, 0) is 20.8 Å². The molecule has 0 saturated carbocycles. The Morgan fingerprint density at radius 1 is 1.27 bits per heavy atom. The smallest absolute Gasteiger partial charge is 0.307 e. The van der Waals surface area contributed by atoms with Crippen molar-refractivity contribution in [2.24, 2.45) is 0 Å². The first kappa shape index (κ1) is 14.4. The molecule has 0 heterocycles. The second-order valence-corrected chi connectivity index (χ2v) is 3.95. The highest BCUT2D eigenvalue weighted by Gasteiger charge is 2.19. The number of carbonyl (C=O) groups is 1. The van der Waals surface area contributed by atoms with Crippen LogP contribution in [0.2, 0.25) is 0 Å². The number of methoxy groups -OCH3 is 2. The molecule has 0 aromatic carbocycles. The van der Waals surface area contributed by atoms with Gasteiger partial charge in [0, 0.05) is 25.7 Å². The first-order chi connectivity index (χ1) is 7.02. The van der Waals surface area contributed by atoms with Crippen LogP contribution in [0.1, 0.15) is 27.2 Å². The van der Waals surface area contributed by atoms with E-state index in [1.54, 1.807) is 7.11 Å². The molecule has 0 spiro atoms. The molecule has 0 bridgehead atoms. The standard InChI is InChI=1S/C11H23NO3/c1-9(2)12(6-7-14-4)10(3)8-11(13)15-5/h9-10H,6-8H2,1-5H3. The molecule has 4 nitrogen and oxygen atoms in total. The van der Waals surface area contributed by atoms with Gasteiger partial charge in [0.25, 0.3) is 0 Å². The fourth-order valence-electron chi connectivity index (χ4n) is 1.63. The average Bonchev–Trinajstić information content (AvgIpc) is 2.17. The van der Waals surface area contributed by atoms with Crippen LogP contribution in [0.5, 0.6) is 0 Å². The Morgan fingerprint density at radius 2 is 1.87 bits per heavy atom. The Hall–Kier alpha value is -0.610. The maximum Gasteiger partial charge on any atom is 0.307 e. The summed E-state index contributed by atoms with van der Waals surface area (Å²) in [5.41, 5.74) is 0. The molecule has 1 atom stereocenters. The molecule has 0 rings (SSSR count). The molecule has 0 aliphatic carbocycles. The van der Waals surface area contributed by atoms with E-state index in [1.165, 1.54) is 7.11 Å². The summed E-state index contributed by atoms with van der Waals surface area (Å²) < 4.78 is 9.70. The molecule has 0 N–H and O–H groups in total. The van der Waals surface area contributed by atoms with E-state index in [-0.39, 0.29) is 12.0 Å². The fourth-order valence-corrected chi connectivity index (χ4v) is 1.63. The van der Waals surface area contributed by atoms with Crippen molar-refractivity contribution in [2.45, 2.75) is 39.3 Å². The topological polar surface area (TPSA) is 38.8 Å². The van der Waals surface area contributed by atoms with Crippen LogP contribution in [0.4, 0.5) is 0 Å². The van der Waals surface area contributed by atoms with E-state index in [0.717, 1.165) is 6.54 Å². The van der Waals surface area contributed by atoms with E-state index in [2.05, 4.69) is 23.5 Å². The number of esters is 1. The lowest BCUT2D eigenvalue weighted by atomic mass is 10.1. The Balaban J connectivity index is 4.15. The van der Waals surface area contributed by atoms with Gasteiger partial charge < -0.3 is 9.47 Å². The number of rotatable bonds is 7. The van der Waals surface area contributed by atoms with E-state index in [4.69, 9.17) is 4.74 Å². The third kappa shape index (κ3) is 5.74. The Bertz CT molecular complexity index is 183. The van der Waals surface area contributed by atoms with Gasteiger partial charge in [-0.25, -0.2) is 0 Å². The third-order valence-electron chi connectivity index (χ3n) is 2.47. The normalized spacial score (nSPS) is 13.3. The van der Waals surface area contributed by atoms with Gasteiger partial charge >= 0.3 is 5.97 Å². The summed E-state index contributed by atoms with van der Waals surface area (Å²) in [5, 5.41) is 0. The highest BCUT2D eigenvalue weighted by Crippen LogP contribution is 2.09. The average molecular weight is 217 g/mol. The lowest BCUT2D eigenvalue weighted by Crippen LogP contribution is -2.42. The molecule has 4 heteroatoms. The van der Waals surface area contributed by atoms with Crippen molar-refractivity contribution in [1.82, 2.24) is 4.90 Å². The molecular formula is C11H23NO3. The second kappa shape index (κ2) is 7.65. The lowest BCUT2D eigenvalue weighted by molar-refractivity contribution is -0.142. The summed E-state index contributed by atoms with van der Waals surface area (Å²) >= 11 is 0. The number of hydrogen-bond donors (Lipinski definition) is 0. The largest absolute Gasteiger partial charge is 0.469 e. The van der Waals surface area contributed by atoms with Gasteiger partial charge in [0.05, 0.1) is 20.1 Å². The minimum absolute atomic E-state index is 0.162. The predicted molar refractivity (Wildman–Crippen MR) is 59.8 cm³/mol. The van der Waals surface area contributed by atoms with Crippen molar-refractivity contribution < 1.29 is 14.3 Å². The SMILES string of the molecule is COCCN(C(C)C)C(C)CC(=O)OC. The molecule has 90 valence electrons. The van der Waals surface area contributed by atoms with Gasteiger partial charge in [-0.1, -0.05) is 0 Å². The lowest BCUT2D eigenvalue weighted by Gasteiger charge is -2.31. The first-order valence-corrected chi connectivity index (χ1v) is 5.34. The van der Waals surface area contributed by atoms with Crippen molar-refractivity contribution >= 4 is 5.97 Å². The maximum atomic E-state index is 11.1. The zero-order valence-corrected chi connectivity index (χ0v) is 10.4. The zero-order valence-electron chi connectivity index (χ0n) is 10.4. The van der Waals surface area contributed by atoms with E-state index in [1.807, 2.05) is 6.92 Å². The van der Waals surface area contributed by atoms with Crippen molar-refractivity contribution in [3.63, 3.8) is 0 Å². The summed E-state index contributed by atoms with van der Waals surface area (Å²) in [6.45, 7) is 7.79. The van der Waals surface area contributed by atoms with Gasteiger partial charge in [0.1, 0.15) is 0 Å². The molecule has 0 aromatic rings.